The first-order valence-corrected chi connectivity index (χ1v) is 9.72. The molecule has 0 unspecified atom stereocenters. The third-order valence-corrected chi connectivity index (χ3v) is 4.73. The summed E-state index contributed by atoms with van der Waals surface area (Å²) < 4.78 is 1.95. The van der Waals surface area contributed by atoms with Crippen molar-refractivity contribution in [3.63, 3.8) is 0 Å². The Hall–Kier alpha value is -3.40. The largest absolute Gasteiger partial charge is 0.384 e. The lowest BCUT2D eigenvalue weighted by atomic mass is 10.1. The SMILES string of the molecule is c1ccc(CCCCNc2ccc(-n3cnc(-c4ccccc4)c3)nc2)cc1. The fourth-order valence-corrected chi connectivity index (χ4v) is 3.18. The average molecular weight is 368 g/mol. The van der Waals surface area contributed by atoms with Crippen molar-refractivity contribution in [2.24, 2.45) is 0 Å². The Balaban J connectivity index is 1.28. The molecule has 0 aliphatic rings. The molecule has 0 aliphatic heterocycles. The van der Waals surface area contributed by atoms with Crippen LogP contribution < -0.4 is 5.32 Å². The highest BCUT2D eigenvalue weighted by Crippen LogP contribution is 2.18. The Morgan fingerprint density at radius 2 is 1.57 bits per heavy atom. The van der Waals surface area contributed by atoms with Crippen LogP contribution in [0.2, 0.25) is 0 Å². The van der Waals surface area contributed by atoms with E-state index in [4.69, 9.17) is 0 Å². The number of pyridine rings is 1. The summed E-state index contributed by atoms with van der Waals surface area (Å²) in [5.74, 6) is 0.865. The number of benzene rings is 2. The summed E-state index contributed by atoms with van der Waals surface area (Å²) in [7, 11) is 0. The van der Waals surface area contributed by atoms with E-state index in [-0.39, 0.29) is 0 Å². The van der Waals surface area contributed by atoms with Crippen molar-refractivity contribution in [1.82, 2.24) is 14.5 Å². The van der Waals surface area contributed by atoms with Crippen LogP contribution in [-0.4, -0.2) is 21.1 Å². The van der Waals surface area contributed by atoms with E-state index in [1.54, 1.807) is 6.33 Å². The molecule has 140 valence electrons. The van der Waals surface area contributed by atoms with Crippen LogP contribution in [0.25, 0.3) is 17.1 Å². The second kappa shape index (κ2) is 9.00. The van der Waals surface area contributed by atoms with Crippen molar-refractivity contribution >= 4 is 5.69 Å². The van der Waals surface area contributed by atoms with E-state index in [9.17, 15) is 0 Å². The summed E-state index contributed by atoms with van der Waals surface area (Å²) in [6, 6.07) is 24.9. The van der Waals surface area contributed by atoms with Crippen LogP contribution in [-0.2, 0) is 6.42 Å². The maximum Gasteiger partial charge on any atom is 0.137 e. The van der Waals surface area contributed by atoms with E-state index in [0.29, 0.717) is 0 Å². The molecule has 0 fully saturated rings. The molecule has 4 heteroatoms. The van der Waals surface area contributed by atoms with Gasteiger partial charge in [0.15, 0.2) is 0 Å². The maximum absolute atomic E-state index is 4.56. The number of aryl methyl sites for hydroxylation is 1. The molecule has 28 heavy (non-hydrogen) atoms. The van der Waals surface area contributed by atoms with Crippen LogP contribution in [0.15, 0.2) is 91.5 Å². The number of rotatable bonds is 8. The average Bonchev–Trinajstić information content (AvgIpc) is 3.26. The number of anilines is 1. The predicted molar refractivity (Wildman–Crippen MR) is 115 cm³/mol. The van der Waals surface area contributed by atoms with E-state index in [0.717, 1.165) is 42.1 Å². The highest BCUT2D eigenvalue weighted by atomic mass is 15.1. The van der Waals surface area contributed by atoms with Crippen LogP contribution in [0.4, 0.5) is 5.69 Å². The smallest absolute Gasteiger partial charge is 0.137 e. The molecule has 0 saturated heterocycles. The van der Waals surface area contributed by atoms with Crippen molar-refractivity contribution < 1.29 is 0 Å². The van der Waals surface area contributed by atoms with Gasteiger partial charge in [0.25, 0.3) is 0 Å². The van der Waals surface area contributed by atoms with Gasteiger partial charge in [-0.15, -0.1) is 0 Å². The minimum atomic E-state index is 0.865. The lowest BCUT2D eigenvalue weighted by molar-refractivity contribution is 0.763. The minimum absolute atomic E-state index is 0.865. The molecule has 0 atom stereocenters. The monoisotopic (exact) mass is 368 g/mol. The molecule has 4 nitrogen and oxygen atoms in total. The van der Waals surface area contributed by atoms with Gasteiger partial charge in [-0.25, -0.2) is 9.97 Å². The second-order valence-electron chi connectivity index (χ2n) is 6.81. The van der Waals surface area contributed by atoms with Gasteiger partial charge in [-0.1, -0.05) is 60.7 Å². The van der Waals surface area contributed by atoms with Crippen LogP contribution in [0, 0.1) is 0 Å². The predicted octanol–water partition coefficient (Wildman–Crippen LogP) is 5.37. The number of aromatic nitrogens is 3. The van der Waals surface area contributed by atoms with Gasteiger partial charge in [0.1, 0.15) is 12.1 Å². The molecule has 2 aromatic heterocycles. The lowest BCUT2D eigenvalue weighted by Crippen LogP contribution is -2.03. The Bertz CT molecular complexity index is 976. The highest BCUT2D eigenvalue weighted by molar-refractivity contribution is 5.58. The van der Waals surface area contributed by atoms with E-state index in [2.05, 4.69) is 63.8 Å². The van der Waals surface area contributed by atoms with Crippen LogP contribution in [0.1, 0.15) is 18.4 Å². The molecule has 0 amide bonds. The van der Waals surface area contributed by atoms with E-state index in [1.807, 2.05) is 41.2 Å². The molecule has 0 bridgehead atoms. The zero-order chi connectivity index (χ0) is 19.0. The molecule has 0 saturated carbocycles. The van der Waals surface area contributed by atoms with Gasteiger partial charge in [0.05, 0.1) is 17.6 Å². The van der Waals surface area contributed by atoms with Gasteiger partial charge in [-0.3, -0.25) is 4.57 Å². The number of hydrogen-bond donors (Lipinski definition) is 1. The van der Waals surface area contributed by atoms with Crippen molar-refractivity contribution in [2.75, 3.05) is 11.9 Å². The molecular weight excluding hydrogens is 344 g/mol. The van der Waals surface area contributed by atoms with Gasteiger partial charge in [0.2, 0.25) is 0 Å². The summed E-state index contributed by atoms with van der Waals surface area (Å²) in [6.45, 7) is 0.955. The maximum atomic E-state index is 4.56. The standard InChI is InChI=1S/C24H24N4/c1-3-9-20(10-4-1)11-7-8-16-25-22-14-15-24(26-17-22)28-18-23(27-19-28)21-12-5-2-6-13-21/h1-6,9-10,12-15,17-19,25H,7-8,11,16H2. The number of unbranched alkanes of at least 4 members (excludes halogenated alkanes) is 1. The van der Waals surface area contributed by atoms with E-state index >= 15 is 0 Å². The van der Waals surface area contributed by atoms with Gasteiger partial charge in [-0.05, 0) is 37.0 Å². The van der Waals surface area contributed by atoms with Gasteiger partial charge in [-0.2, -0.15) is 0 Å². The summed E-state index contributed by atoms with van der Waals surface area (Å²) in [4.78, 5) is 9.05. The number of nitrogens with zero attached hydrogens (tertiary/aromatic N) is 3. The molecule has 2 aromatic carbocycles. The Morgan fingerprint density at radius 1 is 0.786 bits per heavy atom. The molecule has 0 spiro atoms. The quantitative estimate of drug-likeness (QED) is 0.425. The van der Waals surface area contributed by atoms with Crippen molar-refractivity contribution in [3.8, 4) is 17.1 Å². The van der Waals surface area contributed by atoms with Crippen molar-refractivity contribution in [1.29, 1.82) is 0 Å². The summed E-state index contributed by atoms with van der Waals surface area (Å²) >= 11 is 0. The number of hydrogen-bond acceptors (Lipinski definition) is 3. The Labute approximate surface area is 165 Å². The molecule has 0 radical (unpaired) electrons. The fourth-order valence-electron chi connectivity index (χ4n) is 3.18. The third-order valence-electron chi connectivity index (χ3n) is 4.73. The lowest BCUT2D eigenvalue weighted by Gasteiger charge is -2.07. The first-order chi connectivity index (χ1) is 13.9. The number of imidazole rings is 1. The molecule has 4 rings (SSSR count). The van der Waals surface area contributed by atoms with Crippen molar-refractivity contribution in [3.05, 3.63) is 97.1 Å². The molecule has 4 aromatic rings. The summed E-state index contributed by atoms with van der Waals surface area (Å²) in [6.07, 6.45) is 9.15. The van der Waals surface area contributed by atoms with Crippen LogP contribution >= 0.6 is 0 Å². The topological polar surface area (TPSA) is 42.7 Å². The zero-order valence-corrected chi connectivity index (χ0v) is 15.8. The molecule has 2 heterocycles. The van der Waals surface area contributed by atoms with Crippen LogP contribution in [0.5, 0.6) is 0 Å². The minimum Gasteiger partial charge on any atom is -0.384 e. The summed E-state index contributed by atoms with van der Waals surface area (Å²) in [5.41, 5.74) is 4.51. The Morgan fingerprint density at radius 3 is 2.32 bits per heavy atom. The van der Waals surface area contributed by atoms with E-state index < -0.39 is 0 Å². The zero-order valence-electron chi connectivity index (χ0n) is 15.8. The first-order valence-electron chi connectivity index (χ1n) is 9.72. The van der Waals surface area contributed by atoms with Gasteiger partial charge < -0.3 is 5.32 Å². The normalized spacial score (nSPS) is 10.7. The van der Waals surface area contributed by atoms with Crippen LogP contribution in [0.3, 0.4) is 0 Å². The van der Waals surface area contributed by atoms with E-state index in [1.165, 1.54) is 12.0 Å². The summed E-state index contributed by atoms with van der Waals surface area (Å²) in [5, 5.41) is 3.45. The Kier molecular flexibility index (Phi) is 5.78. The molecule has 0 aliphatic carbocycles. The fraction of sp³-hybridized carbons (Fsp3) is 0.167. The molecular formula is C24H24N4. The van der Waals surface area contributed by atoms with Gasteiger partial charge >= 0.3 is 0 Å². The highest BCUT2D eigenvalue weighted by Gasteiger charge is 2.04. The second-order valence-corrected chi connectivity index (χ2v) is 6.81. The first kappa shape index (κ1) is 18.0. The third kappa shape index (κ3) is 4.65. The molecule has 1 N–H and O–H groups in total. The van der Waals surface area contributed by atoms with Crippen molar-refractivity contribution in [2.45, 2.75) is 19.3 Å². The van der Waals surface area contributed by atoms with Gasteiger partial charge in [0, 0.05) is 18.3 Å². The number of nitrogens with one attached hydrogen (secondary N) is 1.